The molecule has 2 aliphatic heterocycles. The number of hydrogen-bond acceptors (Lipinski definition) is 4. The van der Waals surface area contributed by atoms with E-state index in [4.69, 9.17) is 21.4 Å². The van der Waals surface area contributed by atoms with Gasteiger partial charge in [0.25, 0.3) is 0 Å². The Hall–Kier alpha value is -1.53. The number of benzene rings is 2. The molecular weight excluding hydrogens is 394 g/mol. The molecule has 2 aliphatic rings. The van der Waals surface area contributed by atoms with Crippen molar-refractivity contribution in [2.45, 2.75) is 29.6 Å². The average molecular weight is 418 g/mol. The van der Waals surface area contributed by atoms with E-state index < -0.39 is 5.97 Å². The van der Waals surface area contributed by atoms with Crippen LogP contribution in [-0.2, 0) is 15.3 Å². The van der Waals surface area contributed by atoms with Crippen molar-refractivity contribution in [1.82, 2.24) is 4.90 Å². The van der Waals surface area contributed by atoms with Gasteiger partial charge in [-0.25, -0.2) is 0 Å². The van der Waals surface area contributed by atoms with Gasteiger partial charge >= 0.3 is 5.97 Å². The van der Waals surface area contributed by atoms with Crippen molar-refractivity contribution in [2.24, 2.45) is 5.92 Å². The summed E-state index contributed by atoms with van der Waals surface area (Å²) in [4.78, 5) is 14.6. The van der Waals surface area contributed by atoms with E-state index in [1.807, 2.05) is 23.9 Å². The number of likely N-dealkylation sites (tertiary alicyclic amines) is 1. The molecule has 4 rings (SSSR count). The quantitative estimate of drug-likeness (QED) is 0.753. The molecule has 0 radical (unpaired) electrons. The third-order valence-electron chi connectivity index (χ3n) is 5.60. The summed E-state index contributed by atoms with van der Waals surface area (Å²) in [7, 11) is 0. The molecule has 1 saturated heterocycles. The Bertz CT molecular complexity index is 851. The molecule has 0 saturated carbocycles. The van der Waals surface area contributed by atoms with Crippen molar-refractivity contribution in [1.29, 1.82) is 0 Å². The van der Waals surface area contributed by atoms with Crippen LogP contribution in [0.5, 0.6) is 0 Å². The highest BCUT2D eigenvalue weighted by Gasteiger charge is 2.27. The Kier molecular flexibility index (Phi) is 6.26. The first-order chi connectivity index (χ1) is 13.6. The average Bonchev–Trinajstić information content (AvgIpc) is 2.85. The Morgan fingerprint density at radius 1 is 1.18 bits per heavy atom. The molecule has 0 spiro atoms. The number of fused-ring (bicyclic) bond motifs is 2. The Morgan fingerprint density at radius 3 is 2.75 bits per heavy atom. The fraction of sp³-hybridized carbons (Fsp3) is 0.409. The summed E-state index contributed by atoms with van der Waals surface area (Å²) in [6.07, 6.45) is 1.31. The number of hydrogen-bond donors (Lipinski definition) is 1. The van der Waals surface area contributed by atoms with Crippen molar-refractivity contribution in [3.05, 3.63) is 64.2 Å². The fourth-order valence-electron chi connectivity index (χ4n) is 3.98. The van der Waals surface area contributed by atoms with Crippen molar-refractivity contribution < 1.29 is 14.6 Å². The van der Waals surface area contributed by atoms with E-state index in [9.17, 15) is 4.79 Å². The van der Waals surface area contributed by atoms with E-state index in [0.29, 0.717) is 6.61 Å². The SMILES string of the molecule is O=C(O)C1CCN(CCOC2c3ccccc3CSc3ccc(Cl)cc32)CC1. The zero-order valence-corrected chi connectivity index (χ0v) is 17.2. The lowest BCUT2D eigenvalue weighted by Crippen LogP contribution is -2.38. The van der Waals surface area contributed by atoms with Crippen molar-refractivity contribution in [3.8, 4) is 0 Å². The van der Waals surface area contributed by atoms with E-state index in [1.54, 1.807) is 0 Å². The number of aliphatic carboxylic acids is 1. The molecule has 0 amide bonds. The summed E-state index contributed by atoms with van der Waals surface area (Å²) in [5, 5.41) is 9.87. The van der Waals surface area contributed by atoms with Gasteiger partial charge in [-0.3, -0.25) is 4.79 Å². The summed E-state index contributed by atoms with van der Waals surface area (Å²) in [6.45, 7) is 3.06. The van der Waals surface area contributed by atoms with E-state index >= 15 is 0 Å². The molecule has 1 N–H and O–H groups in total. The zero-order valence-electron chi connectivity index (χ0n) is 15.6. The molecule has 0 bridgehead atoms. The number of thioether (sulfide) groups is 1. The van der Waals surface area contributed by atoms with Crippen LogP contribution in [-0.4, -0.2) is 42.2 Å². The molecule has 0 aromatic heterocycles. The smallest absolute Gasteiger partial charge is 0.306 e. The second-order valence-electron chi connectivity index (χ2n) is 7.37. The number of nitrogens with zero attached hydrogens (tertiary/aromatic N) is 1. The van der Waals surface area contributed by atoms with Crippen LogP contribution in [0.4, 0.5) is 0 Å². The number of halogens is 1. The monoisotopic (exact) mass is 417 g/mol. The predicted octanol–water partition coefficient (Wildman–Crippen LogP) is 4.85. The first-order valence-corrected chi connectivity index (χ1v) is 11.0. The van der Waals surface area contributed by atoms with Gasteiger partial charge in [0.15, 0.2) is 0 Å². The van der Waals surface area contributed by atoms with E-state index in [0.717, 1.165) is 48.8 Å². The molecular formula is C22H24ClNO3S. The van der Waals surface area contributed by atoms with E-state index in [-0.39, 0.29) is 12.0 Å². The molecule has 148 valence electrons. The number of ether oxygens (including phenoxy) is 1. The van der Waals surface area contributed by atoms with Gasteiger partial charge < -0.3 is 14.7 Å². The minimum absolute atomic E-state index is 0.128. The maximum absolute atomic E-state index is 11.1. The van der Waals surface area contributed by atoms with Crippen LogP contribution in [0.25, 0.3) is 0 Å². The third-order valence-corrected chi connectivity index (χ3v) is 6.98. The van der Waals surface area contributed by atoms with Crippen molar-refractivity contribution in [3.63, 3.8) is 0 Å². The first kappa shape index (κ1) is 19.8. The Morgan fingerprint density at radius 2 is 1.96 bits per heavy atom. The molecule has 6 heteroatoms. The highest BCUT2D eigenvalue weighted by Crippen LogP contribution is 2.42. The minimum atomic E-state index is -0.669. The van der Waals surface area contributed by atoms with Crippen LogP contribution >= 0.6 is 23.4 Å². The highest BCUT2D eigenvalue weighted by molar-refractivity contribution is 7.98. The summed E-state index contributed by atoms with van der Waals surface area (Å²) >= 11 is 8.12. The lowest BCUT2D eigenvalue weighted by Gasteiger charge is -2.30. The van der Waals surface area contributed by atoms with Gasteiger partial charge in [-0.2, -0.15) is 0 Å². The first-order valence-electron chi connectivity index (χ1n) is 9.68. The molecule has 0 aliphatic carbocycles. The standard InChI is InChI=1S/C22H24ClNO3S/c23-17-5-6-20-19(13-17)21(18-4-2-1-3-16(18)14-28-20)27-12-11-24-9-7-15(8-10-24)22(25)26/h1-6,13,15,21H,7-12,14H2,(H,25,26). The molecule has 28 heavy (non-hydrogen) atoms. The van der Waals surface area contributed by atoms with Crippen LogP contribution in [0, 0.1) is 5.92 Å². The second-order valence-corrected chi connectivity index (χ2v) is 8.83. The van der Waals surface area contributed by atoms with Crippen molar-refractivity contribution >= 4 is 29.3 Å². The molecule has 4 nitrogen and oxygen atoms in total. The van der Waals surface area contributed by atoms with Crippen molar-refractivity contribution in [2.75, 3.05) is 26.2 Å². The van der Waals surface area contributed by atoms with E-state index in [1.165, 1.54) is 16.0 Å². The van der Waals surface area contributed by atoms with Gasteiger partial charge in [0.1, 0.15) is 6.10 Å². The topological polar surface area (TPSA) is 49.8 Å². The van der Waals surface area contributed by atoms with Crippen LogP contribution in [0.2, 0.25) is 5.02 Å². The van der Waals surface area contributed by atoms with Gasteiger partial charge in [-0.05, 0) is 55.3 Å². The molecule has 1 fully saturated rings. The largest absolute Gasteiger partial charge is 0.481 e. The highest BCUT2D eigenvalue weighted by atomic mass is 35.5. The number of piperidine rings is 1. The number of carboxylic acid groups (broad SMARTS) is 1. The molecule has 1 atom stereocenters. The van der Waals surface area contributed by atoms with E-state index in [2.05, 4.69) is 35.2 Å². The lowest BCUT2D eigenvalue weighted by atomic mass is 9.97. The summed E-state index contributed by atoms with van der Waals surface area (Å²) in [6, 6.07) is 14.5. The molecule has 2 heterocycles. The van der Waals surface area contributed by atoms with Gasteiger partial charge in [-0.1, -0.05) is 35.9 Å². The number of carbonyl (C=O) groups is 1. The van der Waals surface area contributed by atoms with Gasteiger partial charge in [0.05, 0.1) is 12.5 Å². The zero-order chi connectivity index (χ0) is 19.5. The Labute approximate surface area is 174 Å². The molecule has 2 aromatic carbocycles. The maximum atomic E-state index is 11.1. The van der Waals surface area contributed by atoms with Crippen LogP contribution in [0.15, 0.2) is 47.4 Å². The summed E-state index contributed by atoms with van der Waals surface area (Å²) < 4.78 is 6.42. The third kappa shape index (κ3) is 4.38. The number of rotatable bonds is 5. The van der Waals surface area contributed by atoms with Gasteiger partial charge in [-0.15, -0.1) is 11.8 Å². The maximum Gasteiger partial charge on any atom is 0.306 e. The summed E-state index contributed by atoms with van der Waals surface area (Å²) in [5.74, 6) is 0.0572. The predicted molar refractivity (Wildman–Crippen MR) is 112 cm³/mol. The number of carboxylic acids is 1. The fourth-order valence-corrected chi connectivity index (χ4v) is 5.23. The van der Waals surface area contributed by atoms with Crippen LogP contribution < -0.4 is 0 Å². The van der Waals surface area contributed by atoms with Gasteiger partial charge in [0, 0.05) is 27.8 Å². The second kappa shape index (κ2) is 8.87. The normalized spacial score (nSPS) is 20.2. The van der Waals surface area contributed by atoms with Crippen LogP contribution in [0.1, 0.15) is 35.6 Å². The molecule has 2 aromatic rings. The van der Waals surface area contributed by atoms with Crippen LogP contribution in [0.3, 0.4) is 0 Å². The Balaban J connectivity index is 1.46. The lowest BCUT2D eigenvalue weighted by molar-refractivity contribution is -0.143. The van der Waals surface area contributed by atoms with Gasteiger partial charge in [0.2, 0.25) is 0 Å². The summed E-state index contributed by atoms with van der Waals surface area (Å²) in [5.41, 5.74) is 3.64. The minimum Gasteiger partial charge on any atom is -0.481 e. The molecule has 1 unspecified atom stereocenters.